The van der Waals surface area contributed by atoms with Gasteiger partial charge in [0.05, 0.1) is 5.52 Å². The molecule has 0 amide bonds. The molecule has 1 aliphatic heterocycles. The second-order valence-corrected chi connectivity index (χ2v) is 5.90. The highest BCUT2D eigenvalue weighted by Crippen LogP contribution is 2.24. The van der Waals surface area contributed by atoms with Crippen LogP contribution in [0.2, 0.25) is 0 Å². The minimum atomic E-state index is 0.639. The Kier molecular flexibility index (Phi) is 3.59. The summed E-state index contributed by atoms with van der Waals surface area (Å²) in [5, 5.41) is 12.3. The zero-order valence-electron chi connectivity index (χ0n) is 10.2. The van der Waals surface area contributed by atoms with Crippen LogP contribution < -0.4 is 5.32 Å². The second kappa shape index (κ2) is 5.52. The fourth-order valence-electron chi connectivity index (χ4n) is 2.13. The number of nitrogens with zero attached hydrogens (tertiary/aromatic N) is 3. The third-order valence-electron chi connectivity index (χ3n) is 3.12. The number of nitrogens with one attached hydrogen (secondary N) is 1. The maximum Gasteiger partial charge on any atom is 0.243 e. The van der Waals surface area contributed by atoms with Crippen molar-refractivity contribution >= 4 is 28.7 Å². The van der Waals surface area contributed by atoms with E-state index in [4.69, 9.17) is 0 Å². The molecule has 1 aromatic carbocycles. The molecule has 3 rings (SSSR count). The van der Waals surface area contributed by atoms with Crippen LogP contribution in [0.25, 0.3) is 11.0 Å². The molecule has 94 valence electrons. The van der Waals surface area contributed by atoms with Crippen LogP contribution in [0.15, 0.2) is 24.3 Å². The van der Waals surface area contributed by atoms with Crippen LogP contribution in [0.3, 0.4) is 0 Å². The molecule has 2 aromatic rings. The van der Waals surface area contributed by atoms with Crippen molar-refractivity contribution in [2.45, 2.75) is 24.5 Å². The smallest absolute Gasteiger partial charge is 0.243 e. The molecule has 0 saturated carbocycles. The summed E-state index contributed by atoms with van der Waals surface area (Å²) in [5.41, 5.74) is 1.74. The van der Waals surface area contributed by atoms with Gasteiger partial charge in [0.2, 0.25) is 5.95 Å². The minimum absolute atomic E-state index is 0.639. The van der Waals surface area contributed by atoms with Crippen LogP contribution in [0.1, 0.15) is 19.3 Å². The first-order chi connectivity index (χ1) is 8.92. The van der Waals surface area contributed by atoms with E-state index in [0.717, 1.165) is 17.6 Å². The topological polar surface area (TPSA) is 50.7 Å². The first-order valence-electron chi connectivity index (χ1n) is 6.37. The summed E-state index contributed by atoms with van der Waals surface area (Å²) < 4.78 is 0. The summed E-state index contributed by atoms with van der Waals surface area (Å²) in [7, 11) is 0. The van der Waals surface area contributed by atoms with E-state index in [1.165, 1.54) is 25.0 Å². The zero-order chi connectivity index (χ0) is 12.2. The van der Waals surface area contributed by atoms with Crippen LogP contribution in [0, 0.1) is 0 Å². The lowest BCUT2D eigenvalue weighted by Gasteiger charge is -2.21. The maximum atomic E-state index is 4.47. The van der Waals surface area contributed by atoms with Crippen LogP contribution in [-0.4, -0.2) is 32.7 Å². The highest BCUT2D eigenvalue weighted by molar-refractivity contribution is 7.99. The van der Waals surface area contributed by atoms with E-state index >= 15 is 0 Å². The van der Waals surface area contributed by atoms with Crippen molar-refractivity contribution in [1.82, 2.24) is 15.2 Å². The van der Waals surface area contributed by atoms with Crippen molar-refractivity contribution in [3.8, 4) is 0 Å². The molecule has 1 aromatic heterocycles. The van der Waals surface area contributed by atoms with Gasteiger partial charge < -0.3 is 5.32 Å². The van der Waals surface area contributed by atoms with Gasteiger partial charge in [-0.15, -0.1) is 10.2 Å². The van der Waals surface area contributed by atoms with Crippen molar-refractivity contribution in [1.29, 1.82) is 0 Å². The molecule has 1 atom stereocenters. The maximum absolute atomic E-state index is 4.47. The Morgan fingerprint density at radius 2 is 2.06 bits per heavy atom. The second-order valence-electron chi connectivity index (χ2n) is 4.49. The Labute approximate surface area is 111 Å². The van der Waals surface area contributed by atoms with E-state index in [-0.39, 0.29) is 0 Å². The molecular weight excluding hydrogens is 244 g/mol. The van der Waals surface area contributed by atoms with Gasteiger partial charge in [-0.2, -0.15) is 11.8 Å². The molecule has 0 bridgehead atoms. The number of fused-ring (bicyclic) bond motifs is 1. The molecule has 1 aliphatic rings. The van der Waals surface area contributed by atoms with Crippen LogP contribution >= 0.6 is 11.8 Å². The number of rotatable bonds is 3. The van der Waals surface area contributed by atoms with Gasteiger partial charge >= 0.3 is 0 Å². The largest absolute Gasteiger partial charge is 0.352 e. The molecule has 1 N–H and O–H groups in total. The highest BCUT2D eigenvalue weighted by atomic mass is 32.2. The number of thioether (sulfide) groups is 1. The molecule has 4 nitrogen and oxygen atoms in total. The summed E-state index contributed by atoms with van der Waals surface area (Å²) in [6.07, 6.45) is 3.99. The van der Waals surface area contributed by atoms with Gasteiger partial charge in [0.25, 0.3) is 0 Å². The third kappa shape index (κ3) is 2.72. The Morgan fingerprint density at radius 1 is 1.17 bits per heavy atom. The predicted molar refractivity (Wildman–Crippen MR) is 75.9 cm³/mol. The molecular formula is C13H16N4S. The quantitative estimate of drug-likeness (QED) is 0.919. The lowest BCUT2D eigenvalue weighted by Crippen LogP contribution is -2.21. The Hall–Kier alpha value is -1.36. The van der Waals surface area contributed by atoms with E-state index < -0.39 is 0 Å². The number of anilines is 1. The summed E-state index contributed by atoms with van der Waals surface area (Å²) in [5.74, 6) is 1.92. The molecule has 5 heteroatoms. The first kappa shape index (κ1) is 11.7. The Balaban J connectivity index is 1.66. The monoisotopic (exact) mass is 260 g/mol. The van der Waals surface area contributed by atoms with Gasteiger partial charge in [0.1, 0.15) is 5.52 Å². The molecule has 1 fully saturated rings. The van der Waals surface area contributed by atoms with Crippen molar-refractivity contribution < 1.29 is 0 Å². The predicted octanol–water partition coefficient (Wildman–Crippen LogP) is 2.72. The lowest BCUT2D eigenvalue weighted by molar-refractivity contribution is 0.675. The number of para-hydroxylation sites is 1. The minimum Gasteiger partial charge on any atom is -0.352 e. The number of hydrogen-bond donors (Lipinski definition) is 1. The fraction of sp³-hybridized carbons (Fsp3) is 0.462. The van der Waals surface area contributed by atoms with E-state index in [2.05, 4.69) is 20.5 Å². The number of benzene rings is 1. The first-order valence-corrected chi connectivity index (χ1v) is 7.41. The van der Waals surface area contributed by atoms with Crippen LogP contribution in [-0.2, 0) is 0 Å². The average molecular weight is 260 g/mol. The van der Waals surface area contributed by atoms with Crippen molar-refractivity contribution in [2.24, 2.45) is 0 Å². The van der Waals surface area contributed by atoms with Gasteiger partial charge in [0.15, 0.2) is 0 Å². The van der Waals surface area contributed by atoms with Crippen molar-refractivity contribution in [3.05, 3.63) is 24.3 Å². The SMILES string of the molecule is c1ccc2nc(NCC3CCCCS3)nnc2c1. The molecule has 0 radical (unpaired) electrons. The average Bonchev–Trinajstić information content (AvgIpc) is 2.46. The standard InChI is InChI=1S/C13H16N4S/c1-2-7-12-11(6-1)15-13(17-16-12)14-9-10-5-3-4-8-18-10/h1-2,6-7,10H,3-5,8-9H2,(H,14,15,17). The van der Waals surface area contributed by atoms with Gasteiger partial charge in [-0.05, 0) is 30.7 Å². The van der Waals surface area contributed by atoms with Crippen LogP contribution in [0.4, 0.5) is 5.95 Å². The van der Waals surface area contributed by atoms with Gasteiger partial charge in [-0.1, -0.05) is 18.6 Å². The highest BCUT2D eigenvalue weighted by Gasteiger charge is 2.13. The third-order valence-corrected chi connectivity index (χ3v) is 4.52. The van der Waals surface area contributed by atoms with E-state index in [1.54, 1.807) is 0 Å². The number of hydrogen-bond acceptors (Lipinski definition) is 5. The molecule has 2 heterocycles. The normalized spacial score (nSPS) is 19.9. The van der Waals surface area contributed by atoms with Crippen molar-refractivity contribution in [3.63, 3.8) is 0 Å². The molecule has 1 unspecified atom stereocenters. The number of aromatic nitrogens is 3. The summed E-state index contributed by atoms with van der Waals surface area (Å²) >= 11 is 2.05. The lowest BCUT2D eigenvalue weighted by atomic mass is 10.2. The van der Waals surface area contributed by atoms with Gasteiger partial charge in [0, 0.05) is 11.8 Å². The molecule has 0 spiro atoms. The Morgan fingerprint density at radius 3 is 2.89 bits per heavy atom. The van der Waals surface area contributed by atoms with Gasteiger partial charge in [-0.3, -0.25) is 0 Å². The fourth-order valence-corrected chi connectivity index (χ4v) is 3.37. The summed E-state index contributed by atoms with van der Waals surface area (Å²) in [6, 6.07) is 7.81. The van der Waals surface area contributed by atoms with E-state index in [0.29, 0.717) is 11.2 Å². The van der Waals surface area contributed by atoms with Crippen molar-refractivity contribution in [2.75, 3.05) is 17.6 Å². The zero-order valence-corrected chi connectivity index (χ0v) is 11.0. The molecule has 0 aliphatic carbocycles. The molecule has 18 heavy (non-hydrogen) atoms. The van der Waals surface area contributed by atoms with Crippen LogP contribution in [0.5, 0.6) is 0 Å². The Bertz CT molecular complexity index is 525. The molecule has 1 saturated heterocycles. The summed E-state index contributed by atoms with van der Waals surface area (Å²) in [6.45, 7) is 0.935. The summed E-state index contributed by atoms with van der Waals surface area (Å²) in [4.78, 5) is 4.47. The van der Waals surface area contributed by atoms with Gasteiger partial charge in [-0.25, -0.2) is 4.98 Å². The van der Waals surface area contributed by atoms with E-state index in [1.807, 2.05) is 36.0 Å². The van der Waals surface area contributed by atoms with E-state index in [9.17, 15) is 0 Å².